The summed E-state index contributed by atoms with van der Waals surface area (Å²) in [5.41, 5.74) is 11.2. The van der Waals surface area contributed by atoms with Gasteiger partial charge < -0.3 is 9.13 Å². The highest BCUT2D eigenvalue weighted by Crippen LogP contribution is 2.40. The van der Waals surface area contributed by atoms with Gasteiger partial charge in [-0.3, -0.25) is 0 Å². The lowest BCUT2D eigenvalue weighted by atomic mass is 9.84. The molecule has 0 atom stereocenters. The first kappa shape index (κ1) is 37.5. The molecule has 0 unspecified atom stereocenters. The fourth-order valence-electron chi connectivity index (χ4n) is 11.1. The second kappa shape index (κ2) is 15.6. The maximum absolute atomic E-state index is 2.69. The molecular formula is C60H48N2Si. The molecule has 63 heavy (non-hydrogen) atoms. The Hall–Kier alpha value is -7.20. The highest BCUT2D eigenvalue weighted by molar-refractivity contribution is 7.19. The van der Waals surface area contributed by atoms with Gasteiger partial charge in [0.2, 0.25) is 0 Å². The first-order valence-electron chi connectivity index (χ1n) is 22.7. The van der Waals surface area contributed by atoms with Crippen molar-refractivity contribution in [1.82, 2.24) is 9.13 Å². The van der Waals surface area contributed by atoms with Gasteiger partial charge >= 0.3 is 0 Å². The van der Waals surface area contributed by atoms with Crippen molar-refractivity contribution in [2.24, 2.45) is 0 Å². The molecule has 12 rings (SSSR count). The molecule has 1 aliphatic carbocycles. The average Bonchev–Trinajstić information content (AvgIpc) is 3.87. The smallest absolute Gasteiger partial charge is 0.179 e. The van der Waals surface area contributed by atoms with Gasteiger partial charge in [0.1, 0.15) is 0 Å². The fourth-order valence-corrected chi connectivity index (χ4v) is 15.9. The number of aromatic nitrogens is 2. The Labute approximate surface area is 370 Å². The Morgan fingerprint density at radius 3 is 1.46 bits per heavy atom. The van der Waals surface area contributed by atoms with Crippen LogP contribution in [0, 0.1) is 0 Å². The zero-order chi connectivity index (χ0) is 41.7. The molecule has 0 amide bonds. The van der Waals surface area contributed by atoms with Gasteiger partial charge in [-0.15, -0.1) is 0 Å². The van der Waals surface area contributed by atoms with Crippen molar-refractivity contribution >= 4 is 72.4 Å². The molecule has 1 saturated carbocycles. The molecule has 1 fully saturated rings. The normalized spacial score (nSPS) is 13.7. The molecule has 1 aliphatic rings. The second-order valence-corrected chi connectivity index (χ2v) is 21.3. The molecule has 2 nitrogen and oxygen atoms in total. The minimum absolute atomic E-state index is 0.658. The van der Waals surface area contributed by atoms with E-state index >= 15 is 0 Å². The van der Waals surface area contributed by atoms with Crippen molar-refractivity contribution < 1.29 is 0 Å². The van der Waals surface area contributed by atoms with Crippen LogP contribution in [0.5, 0.6) is 0 Å². The van der Waals surface area contributed by atoms with E-state index in [1.54, 1.807) is 0 Å². The zero-order valence-electron chi connectivity index (χ0n) is 35.4. The van der Waals surface area contributed by atoms with Gasteiger partial charge in [0.25, 0.3) is 0 Å². The Morgan fingerprint density at radius 1 is 0.317 bits per heavy atom. The van der Waals surface area contributed by atoms with Gasteiger partial charge in [-0.25, -0.2) is 0 Å². The standard InChI is InChI=1S/C60H48N2Si/c1-6-18-43(19-7-1)45-31-39-59-55(40-45)53-28-16-17-29-57(53)62(59)48-34-37-54-56-41-46(44-20-8-2-9-21-44)30-38-58(56)61(60(54)42-48)47-32-35-52(36-33-47)63(49-22-10-3-11-23-49,50-24-12-4-13-25-50)51-26-14-5-15-27-51/h2-5,8-17,20-43H,1,6-7,18-19H2. The number of fused-ring (bicyclic) bond motifs is 6. The van der Waals surface area contributed by atoms with Gasteiger partial charge in [0.05, 0.1) is 22.1 Å². The van der Waals surface area contributed by atoms with Crippen molar-refractivity contribution in [2.45, 2.75) is 38.0 Å². The number of hydrogen-bond donors (Lipinski definition) is 0. The molecule has 0 radical (unpaired) electrons. The number of benzene rings is 9. The van der Waals surface area contributed by atoms with Crippen LogP contribution in [-0.4, -0.2) is 17.2 Å². The summed E-state index contributed by atoms with van der Waals surface area (Å²) in [6.07, 6.45) is 6.64. The topological polar surface area (TPSA) is 9.86 Å². The van der Waals surface area contributed by atoms with E-state index in [0.29, 0.717) is 5.92 Å². The maximum Gasteiger partial charge on any atom is 0.179 e. The molecule has 9 aromatic carbocycles. The van der Waals surface area contributed by atoms with E-state index < -0.39 is 8.07 Å². The molecule has 0 spiro atoms. The summed E-state index contributed by atoms with van der Waals surface area (Å²) in [5, 5.41) is 10.7. The van der Waals surface area contributed by atoms with Gasteiger partial charge in [-0.2, -0.15) is 0 Å². The molecule has 11 aromatic rings. The third-order valence-corrected chi connectivity index (χ3v) is 18.9. The number of nitrogens with zero attached hydrogens (tertiary/aromatic N) is 2. The summed E-state index contributed by atoms with van der Waals surface area (Å²) < 4.78 is 4.99. The minimum atomic E-state index is -2.69. The van der Waals surface area contributed by atoms with Crippen molar-refractivity contribution in [3.05, 3.63) is 230 Å². The van der Waals surface area contributed by atoms with Gasteiger partial charge in [0.15, 0.2) is 8.07 Å². The van der Waals surface area contributed by atoms with Gasteiger partial charge in [-0.1, -0.05) is 189 Å². The maximum atomic E-state index is 2.51. The Morgan fingerprint density at radius 2 is 0.810 bits per heavy atom. The van der Waals surface area contributed by atoms with Crippen LogP contribution in [0.15, 0.2) is 224 Å². The summed E-state index contributed by atoms with van der Waals surface area (Å²) in [5.74, 6) is 0.658. The molecular weight excluding hydrogens is 777 g/mol. The molecule has 2 aromatic heterocycles. The van der Waals surface area contributed by atoms with Crippen molar-refractivity contribution in [3.63, 3.8) is 0 Å². The molecule has 0 N–H and O–H groups in total. The minimum Gasteiger partial charge on any atom is -0.309 e. The largest absolute Gasteiger partial charge is 0.309 e. The zero-order valence-corrected chi connectivity index (χ0v) is 36.4. The van der Waals surface area contributed by atoms with Crippen molar-refractivity contribution in [2.75, 3.05) is 0 Å². The van der Waals surface area contributed by atoms with Gasteiger partial charge in [-0.05, 0) is 111 Å². The molecule has 302 valence electrons. The summed E-state index contributed by atoms with van der Waals surface area (Å²) in [4.78, 5) is 0. The van der Waals surface area contributed by atoms with E-state index in [0.717, 1.165) is 5.69 Å². The lowest BCUT2D eigenvalue weighted by Crippen LogP contribution is -2.74. The Bertz CT molecular complexity index is 3300. The second-order valence-electron chi connectivity index (χ2n) is 17.5. The van der Waals surface area contributed by atoms with Gasteiger partial charge in [0, 0.05) is 32.9 Å². The van der Waals surface area contributed by atoms with E-state index in [-0.39, 0.29) is 0 Å². The van der Waals surface area contributed by atoms with Crippen molar-refractivity contribution in [1.29, 1.82) is 0 Å². The molecule has 0 bridgehead atoms. The molecule has 2 heterocycles. The van der Waals surface area contributed by atoms with Crippen LogP contribution < -0.4 is 20.7 Å². The first-order chi connectivity index (χ1) is 31.3. The van der Waals surface area contributed by atoms with Crippen LogP contribution in [-0.2, 0) is 0 Å². The monoisotopic (exact) mass is 824 g/mol. The van der Waals surface area contributed by atoms with E-state index in [1.165, 1.54) is 119 Å². The highest BCUT2D eigenvalue weighted by Gasteiger charge is 2.41. The summed E-state index contributed by atoms with van der Waals surface area (Å²) in [6, 6.07) is 84.4. The molecule has 3 heteroatoms. The highest BCUT2D eigenvalue weighted by atomic mass is 28.3. The molecule has 0 saturated heterocycles. The lowest BCUT2D eigenvalue weighted by Gasteiger charge is -2.34. The van der Waals surface area contributed by atoms with Crippen LogP contribution in [0.25, 0.3) is 66.1 Å². The van der Waals surface area contributed by atoms with Crippen LogP contribution in [0.2, 0.25) is 0 Å². The van der Waals surface area contributed by atoms with E-state index in [9.17, 15) is 0 Å². The van der Waals surface area contributed by atoms with Crippen LogP contribution in [0.1, 0.15) is 43.6 Å². The first-order valence-corrected chi connectivity index (χ1v) is 24.7. The SMILES string of the molecule is c1ccc(-c2ccc3c(c2)c2ccc(-n4c5ccccc5c5cc(C6CCCCC6)ccc54)cc2n3-c2ccc([Si](c3ccccc3)(c3ccccc3)c3ccccc3)cc2)cc1. The van der Waals surface area contributed by atoms with E-state index in [4.69, 9.17) is 0 Å². The third-order valence-electron chi connectivity index (χ3n) is 14.1. The van der Waals surface area contributed by atoms with Crippen LogP contribution in [0.3, 0.4) is 0 Å². The Kier molecular flexibility index (Phi) is 9.30. The fraction of sp³-hybridized carbons (Fsp3) is 0.100. The predicted octanol–water partition coefficient (Wildman–Crippen LogP) is 13.0. The van der Waals surface area contributed by atoms with Crippen molar-refractivity contribution in [3.8, 4) is 22.5 Å². The van der Waals surface area contributed by atoms with Crippen LogP contribution >= 0.6 is 0 Å². The predicted molar refractivity (Wildman–Crippen MR) is 270 cm³/mol. The average molecular weight is 825 g/mol. The van der Waals surface area contributed by atoms with Crippen LogP contribution in [0.4, 0.5) is 0 Å². The molecule has 0 aliphatic heterocycles. The number of hydrogen-bond acceptors (Lipinski definition) is 0. The summed E-state index contributed by atoms with van der Waals surface area (Å²) in [7, 11) is -2.69. The number of rotatable bonds is 8. The number of para-hydroxylation sites is 1. The quantitative estimate of drug-likeness (QED) is 0.107. The third kappa shape index (κ3) is 6.21. The lowest BCUT2D eigenvalue weighted by molar-refractivity contribution is 0.444. The summed E-state index contributed by atoms with van der Waals surface area (Å²) in [6.45, 7) is 0. The Balaban J connectivity index is 1.08. The van der Waals surface area contributed by atoms with E-state index in [2.05, 4.69) is 234 Å². The van der Waals surface area contributed by atoms with E-state index in [1.807, 2.05) is 0 Å². The summed E-state index contributed by atoms with van der Waals surface area (Å²) >= 11 is 0.